The Morgan fingerprint density at radius 3 is 1.89 bits per heavy atom. The first-order valence-corrected chi connectivity index (χ1v) is 8.29. The van der Waals surface area contributed by atoms with Crippen molar-refractivity contribution in [3.8, 4) is 23.3 Å². The van der Waals surface area contributed by atoms with Crippen LogP contribution in [0.15, 0.2) is 18.2 Å². The highest BCUT2D eigenvalue weighted by atomic mass is 16.5. The summed E-state index contributed by atoms with van der Waals surface area (Å²) < 4.78 is 20.3. The van der Waals surface area contributed by atoms with Crippen LogP contribution < -0.4 is 9.47 Å². The van der Waals surface area contributed by atoms with E-state index in [9.17, 15) is 9.59 Å². The van der Waals surface area contributed by atoms with Crippen molar-refractivity contribution >= 4 is 11.9 Å². The Kier molecular flexibility index (Phi) is 6.61. The number of aromatic nitrogens is 1. The highest BCUT2D eigenvalue weighted by Crippen LogP contribution is 2.25. The lowest BCUT2D eigenvalue weighted by Crippen LogP contribution is -2.16. The van der Waals surface area contributed by atoms with Gasteiger partial charge in [-0.25, -0.2) is 9.59 Å². The molecule has 0 aliphatic carbocycles. The van der Waals surface area contributed by atoms with Crippen LogP contribution in [0.25, 0.3) is 0 Å². The molecule has 0 spiro atoms. The molecule has 1 aromatic carbocycles. The monoisotopic (exact) mass is 383 g/mol. The van der Waals surface area contributed by atoms with Gasteiger partial charge in [-0.05, 0) is 32.0 Å². The van der Waals surface area contributed by atoms with Gasteiger partial charge in [0.25, 0.3) is 0 Å². The second-order valence-corrected chi connectivity index (χ2v) is 5.71. The van der Waals surface area contributed by atoms with Gasteiger partial charge in [0, 0.05) is 0 Å². The molecule has 0 aliphatic heterocycles. The summed E-state index contributed by atoms with van der Waals surface area (Å²) >= 11 is 0. The van der Waals surface area contributed by atoms with Gasteiger partial charge >= 0.3 is 11.9 Å². The Balaban J connectivity index is 2.81. The molecule has 7 heteroatoms. The minimum Gasteiger partial charge on any atom is -0.497 e. The van der Waals surface area contributed by atoms with Gasteiger partial charge in [-0.2, -0.15) is 0 Å². The molecule has 0 unspecified atom stereocenters. The summed E-state index contributed by atoms with van der Waals surface area (Å²) in [6.45, 7) is 3.30. The van der Waals surface area contributed by atoms with Crippen LogP contribution in [0.3, 0.4) is 0 Å². The van der Waals surface area contributed by atoms with Crippen LogP contribution in [0.1, 0.15) is 43.2 Å². The van der Waals surface area contributed by atoms with E-state index in [4.69, 9.17) is 18.9 Å². The first-order chi connectivity index (χ1) is 13.4. The Morgan fingerprint density at radius 1 is 0.857 bits per heavy atom. The van der Waals surface area contributed by atoms with Gasteiger partial charge in [-0.15, -0.1) is 0 Å². The highest BCUT2D eigenvalue weighted by molar-refractivity contribution is 6.01. The van der Waals surface area contributed by atoms with Gasteiger partial charge in [-0.3, -0.25) is 4.98 Å². The Bertz CT molecular complexity index is 944. The fourth-order valence-electron chi connectivity index (χ4n) is 2.72. The summed E-state index contributed by atoms with van der Waals surface area (Å²) in [5.74, 6) is 5.69. The van der Waals surface area contributed by atoms with Crippen molar-refractivity contribution in [2.75, 3.05) is 28.4 Å². The largest absolute Gasteiger partial charge is 0.497 e. The number of carbonyl (C=O) groups excluding carboxylic acids is 2. The predicted octanol–water partition coefficient (Wildman–Crippen LogP) is 2.69. The number of benzene rings is 1. The fourth-order valence-corrected chi connectivity index (χ4v) is 2.72. The van der Waals surface area contributed by atoms with E-state index in [1.165, 1.54) is 21.3 Å². The minimum absolute atomic E-state index is 0.114. The quantitative estimate of drug-likeness (QED) is 0.593. The standard InChI is InChI=1S/C21H21NO6/c1-12-18(20(23)27-5)16(19(13(2)22-12)21(24)28-6)9-7-14-11-15(25-3)8-10-17(14)26-4/h8,10-11H,1-6H3. The number of aryl methyl sites for hydroxylation is 2. The van der Waals surface area contributed by atoms with E-state index in [1.54, 1.807) is 39.2 Å². The zero-order chi connectivity index (χ0) is 20.8. The molecule has 0 saturated heterocycles. The van der Waals surface area contributed by atoms with Crippen molar-refractivity contribution in [3.63, 3.8) is 0 Å². The molecule has 7 nitrogen and oxygen atoms in total. The van der Waals surface area contributed by atoms with Crippen LogP contribution >= 0.6 is 0 Å². The van der Waals surface area contributed by atoms with Crippen LogP contribution in [0.4, 0.5) is 0 Å². The zero-order valence-electron chi connectivity index (χ0n) is 16.6. The van der Waals surface area contributed by atoms with Crippen LogP contribution in [-0.4, -0.2) is 45.4 Å². The second-order valence-electron chi connectivity index (χ2n) is 5.71. The Labute approximate surface area is 163 Å². The average molecular weight is 383 g/mol. The normalized spacial score (nSPS) is 9.79. The third-order valence-electron chi connectivity index (χ3n) is 4.07. The van der Waals surface area contributed by atoms with Gasteiger partial charge in [0.15, 0.2) is 0 Å². The molecule has 0 atom stereocenters. The molecule has 0 saturated carbocycles. The summed E-state index contributed by atoms with van der Waals surface area (Å²) in [5, 5.41) is 0. The number of pyridine rings is 1. The predicted molar refractivity (Wildman–Crippen MR) is 102 cm³/mol. The molecule has 0 bridgehead atoms. The van der Waals surface area contributed by atoms with E-state index >= 15 is 0 Å². The molecule has 0 amide bonds. The third-order valence-corrected chi connectivity index (χ3v) is 4.07. The van der Waals surface area contributed by atoms with Crippen LogP contribution in [0.5, 0.6) is 11.5 Å². The lowest BCUT2D eigenvalue weighted by Gasteiger charge is -2.13. The number of hydrogen-bond acceptors (Lipinski definition) is 7. The van der Waals surface area contributed by atoms with E-state index in [2.05, 4.69) is 16.8 Å². The van der Waals surface area contributed by atoms with Crippen molar-refractivity contribution in [1.82, 2.24) is 4.98 Å². The lowest BCUT2D eigenvalue weighted by molar-refractivity contribution is 0.0596. The Hall–Kier alpha value is -3.53. The van der Waals surface area contributed by atoms with E-state index in [0.29, 0.717) is 28.5 Å². The molecule has 2 aromatic rings. The van der Waals surface area contributed by atoms with Gasteiger partial charge in [-0.1, -0.05) is 11.8 Å². The van der Waals surface area contributed by atoms with Crippen molar-refractivity contribution in [2.24, 2.45) is 0 Å². The number of ether oxygens (including phenoxy) is 4. The van der Waals surface area contributed by atoms with Crippen molar-refractivity contribution < 1.29 is 28.5 Å². The number of carbonyl (C=O) groups is 2. The Morgan fingerprint density at radius 2 is 1.43 bits per heavy atom. The molecular weight excluding hydrogens is 362 g/mol. The molecule has 0 fully saturated rings. The minimum atomic E-state index is -0.642. The summed E-state index contributed by atoms with van der Waals surface area (Å²) in [4.78, 5) is 28.9. The number of hydrogen-bond donors (Lipinski definition) is 0. The molecule has 146 valence electrons. The highest BCUT2D eigenvalue weighted by Gasteiger charge is 2.25. The maximum Gasteiger partial charge on any atom is 0.341 e. The first kappa shape index (κ1) is 20.8. The number of methoxy groups -OCH3 is 4. The molecule has 0 N–H and O–H groups in total. The van der Waals surface area contributed by atoms with Gasteiger partial charge in [0.05, 0.1) is 62.1 Å². The fraction of sp³-hybridized carbons (Fsp3) is 0.286. The first-order valence-electron chi connectivity index (χ1n) is 8.29. The molecule has 28 heavy (non-hydrogen) atoms. The summed E-state index contributed by atoms with van der Waals surface area (Å²) in [6.07, 6.45) is 0. The molecule has 0 aliphatic rings. The number of esters is 2. The average Bonchev–Trinajstić information content (AvgIpc) is 2.70. The van der Waals surface area contributed by atoms with Crippen molar-refractivity contribution in [3.05, 3.63) is 51.8 Å². The van der Waals surface area contributed by atoms with Crippen LogP contribution in [-0.2, 0) is 9.47 Å². The molecule has 1 aromatic heterocycles. The van der Waals surface area contributed by atoms with Gasteiger partial charge in [0.2, 0.25) is 0 Å². The third kappa shape index (κ3) is 4.07. The molecule has 1 heterocycles. The van der Waals surface area contributed by atoms with Crippen LogP contribution in [0, 0.1) is 25.7 Å². The summed E-state index contributed by atoms with van der Waals surface area (Å²) in [7, 11) is 5.57. The number of rotatable bonds is 4. The lowest BCUT2D eigenvalue weighted by atomic mass is 9.98. The zero-order valence-corrected chi connectivity index (χ0v) is 16.6. The molecule has 2 rings (SSSR count). The maximum absolute atomic E-state index is 12.3. The van der Waals surface area contributed by atoms with Gasteiger partial charge < -0.3 is 18.9 Å². The summed E-state index contributed by atoms with van der Waals surface area (Å²) in [6, 6.07) is 5.15. The molecular formula is C21H21NO6. The SMILES string of the molecule is COC(=O)c1c(C)nc(C)c(C(=O)OC)c1C#Cc1cc(OC)ccc1OC. The van der Waals surface area contributed by atoms with E-state index in [-0.39, 0.29) is 16.7 Å². The summed E-state index contributed by atoms with van der Waals surface area (Å²) in [5.41, 5.74) is 1.75. The second kappa shape index (κ2) is 8.91. The van der Waals surface area contributed by atoms with Crippen LogP contribution in [0.2, 0.25) is 0 Å². The molecule has 0 radical (unpaired) electrons. The number of nitrogens with zero attached hydrogens (tertiary/aromatic N) is 1. The van der Waals surface area contributed by atoms with E-state index in [1.807, 2.05) is 0 Å². The van der Waals surface area contributed by atoms with E-state index < -0.39 is 11.9 Å². The van der Waals surface area contributed by atoms with Crippen molar-refractivity contribution in [1.29, 1.82) is 0 Å². The maximum atomic E-state index is 12.3. The van der Waals surface area contributed by atoms with E-state index in [0.717, 1.165) is 0 Å². The smallest absolute Gasteiger partial charge is 0.341 e. The van der Waals surface area contributed by atoms with Gasteiger partial charge in [0.1, 0.15) is 11.5 Å². The topological polar surface area (TPSA) is 84.0 Å². The van der Waals surface area contributed by atoms with Crippen molar-refractivity contribution in [2.45, 2.75) is 13.8 Å².